The van der Waals surface area contributed by atoms with Gasteiger partial charge in [0, 0.05) is 42.5 Å². The number of carbonyl (C=O) groups excluding carboxylic acids is 2. The summed E-state index contributed by atoms with van der Waals surface area (Å²) >= 11 is 0. The Morgan fingerprint density at radius 3 is 2.48 bits per heavy atom. The molecular formula is C20H21N3O4. The fourth-order valence-electron chi connectivity index (χ4n) is 2.52. The topological polar surface area (TPSA) is 92.6 Å². The van der Waals surface area contributed by atoms with E-state index in [1.54, 1.807) is 41.3 Å². The van der Waals surface area contributed by atoms with Gasteiger partial charge in [-0.25, -0.2) is 0 Å². The molecule has 0 saturated heterocycles. The third-order valence-corrected chi connectivity index (χ3v) is 3.94. The first kappa shape index (κ1) is 19.8. The number of rotatable bonds is 7. The van der Waals surface area contributed by atoms with Crippen LogP contribution < -0.4 is 5.32 Å². The van der Waals surface area contributed by atoms with Gasteiger partial charge >= 0.3 is 0 Å². The molecule has 0 heterocycles. The van der Waals surface area contributed by atoms with E-state index in [4.69, 9.17) is 0 Å². The molecule has 0 atom stereocenters. The Hall–Kier alpha value is -3.48. The van der Waals surface area contributed by atoms with Crippen molar-refractivity contribution in [3.8, 4) is 0 Å². The molecule has 0 saturated carbocycles. The minimum Gasteiger partial charge on any atom is -0.339 e. The first-order valence-corrected chi connectivity index (χ1v) is 8.57. The van der Waals surface area contributed by atoms with Gasteiger partial charge in [-0.1, -0.05) is 18.2 Å². The van der Waals surface area contributed by atoms with Crippen molar-refractivity contribution in [2.45, 2.75) is 13.8 Å². The second-order valence-corrected chi connectivity index (χ2v) is 5.73. The fraction of sp³-hybridized carbons (Fsp3) is 0.200. The Morgan fingerprint density at radius 1 is 1.11 bits per heavy atom. The number of nitrogens with zero attached hydrogens (tertiary/aromatic N) is 2. The van der Waals surface area contributed by atoms with Crippen molar-refractivity contribution in [2.75, 3.05) is 18.4 Å². The van der Waals surface area contributed by atoms with Gasteiger partial charge in [0.25, 0.3) is 11.6 Å². The number of benzene rings is 2. The standard InChI is InChI=1S/C20H21N3O4/c1-3-22(4-2)20(25)16-8-6-9-17(14-16)21-19(24)12-11-15-7-5-10-18(13-15)23(26)27/h5-14H,3-4H2,1-2H3,(H,21,24)/b12-11+. The first-order chi connectivity index (χ1) is 12.9. The molecule has 2 aromatic rings. The second-order valence-electron chi connectivity index (χ2n) is 5.73. The van der Waals surface area contributed by atoms with E-state index in [1.807, 2.05) is 13.8 Å². The molecule has 0 spiro atoms. The highest BCUT2D eigenvalue weighted by molar-refractivity contribution is 6.03. The minimum atomic E-state index is -0.490. The highest BCUT2D eigenvalue weighted by atomic mass is 16.6. The van der Waals surface area contributed by atoms with Crippen LogP contribution >= 0.6 is 0 Å². The molecule has 0 unspecified atom stereocenters. The lowest BCUT2D eigenvalue weighted by Crippen LogP contribution is -2.30. The molecule has 140 valence electrons. The predicted molar refractivity (Wildman–Crippen MR) is 104 cm³/mol. The summed E-state index contributed by atoms with van der Waals surface area (Å²) in [6, 6.07) is 12.7. The van der Waals surface area contributed by atoms with E-state index in [9.17, 15) is 19.7 Å². The molecule has 0 aliphatic heterocycles. The van der Waals surface area contributed by atoms with Crippen LogP contribution in [0.4, 0.5) is 11.4 Å². The molecule has 1 N–H and O–H groups in total. The lowest BCUT2D eigenvalue weighted by atomic mass is 10.1. The largest absolute Gasteiger partial charge is 0.339 e. The second kappa shape index (κ2) is 9.28. The van der Waals surface area contributed by atoms with Crippen LogP contribution in [0.3, 0.4) is 0 Å². The Morgan fingerprint density at radius 2 is 1.81 bits per heavy atom. The number of hydrogen-bond donors (Lipinski definition) is 1. The summed E-state index contributed by atoms with van der Waals surface area (Å²) in [6.07, 6.45) is 2.78. The highest BCUT2D eigenvalue weighted by Gasteiger charge is 2.13. The predicted octanol–water partition coefficient (Wildman–Crippen LogP) is 3.73. The van der Waals surface area contributed by atoms with Crippen molar-refractivity contribution < 1.29 is 14.5 Å². The van der Waals surface area contributed by atoms with Crippen LogP contribution in [0.15, 0.2) is 54.6 Å². The van der Waals surface area contributed by atoms with E-state index in [0.29, 0.717) is 29.9 Å². The Labute approximate surface area is 157 Å². The van der Waals surface area contributed by atoms with Crippen LogP contribution in [0.25, 0.3) is 6.08 Å². The van der Waals surface area contributed by atoms with E-state index in [0.717, 1.165) is 0 Å². The van der Waals surface area contributed by atoms with Gasteiger partial charge in [-0.05, 0) is 43.7 Å². The van der Waals surface area contributed by atoms with E-state index < -0.39 is 10.8 Å². The van der Waals surface area contributed by atoms with Crippen molar-refractivity contribution in [2.24, 2.45) is 0 Å². The summed E-state index contributed by atoms with van der Waals surface area (Å²) in [5.74, 6) is -0.489. The number of nitrogens with one attached hydrogen (secondary N) is 1. The molecule has 0 aliphatic carbocycles. The smallest absolute Gasteiger partial charge is 0.270 e. The zero-order valence-corrected chi connectivity index (χ0v) is 15.2. The number of nitro groups is 1. The van der Waals surface area contributed by atoms with Crippen molar-refractivity contribution in [3.05, 3.63) is 75.8 Å². The molecule has 2 rings (SSSR count). The summed E-state index contributed by atoms with van der Waals surface area (Å²) in [5.41, 5.74) is 1.51. The molecule has 2 aromatic carbocycles. The van der Waals surface area contributed by atoms with Gasteiger partial charge < -0.3 is 10.2 Å². The van der Waals surface area contributed by atoms with Crippen molar-refractivity contribution in [1.82, 2.24) is 4.90 Å². The van der Waals surface area contributed by atoms with Crippen LogP contribution in [-0.2, 0) is 4.79 Å². The summed E-state index contributed by atoms with van der Waals surface area (Å²) in [7, 11) is 0. The molecule has 7 nitrogen and oxygen atoms in total. The Balaban J connectivity index is 2.08. The van der Waals surface area contributed by atoms with Crippen LogP contribution in [-0.4, -0.2) is 34.7 Å². The lowest BCUT2D eigenvalue weighted by molar-refractivity contribution is -0.384. The molecule has 0 radical (unpaired) electrons. The van der Waals surface area contributed by atoms with E-state index >= 15 is 0 Å². The molecule has 2 amide bonds. The SMILES string of the molecule is CCN(CC)C(=O)c1cccc(NC(=O)/C=C/c2cccc([N+](=O)[O-])c2)c1. The summed E-state index contributed by atoms with van der Waals surface area (Å²) in [4.78, 5) is 36.5. The molecule has 27 heavy (non-hydrogen) atoms. The highest BCUT2D eigenvalue weighted by Crippen LogP contribution is 2.15. The van der Waals surface area contributed by atoms with Gasteiger partial charge in [0.15, 0.2) is 0 Å². The molecular weight excluding hydrogens is 346 g/mol. The first-order valence-electron chi connectivity index (χ1n) is 8.57. The number of nitro benzene ring substituents is 1. The third kappa shape index (κ3) is 5.50. The maximum absolute atomic E-state index is 12.4. The minimum absolute atomic E-state index is 0.0415. The number of anilines is 1. The number of hydrogen-bond acceptors (Lipinski definition) is 4. The average molecular weight is 367 g/mol. The molecule has 0 aliphatic rings. The zero-order chi connectivity index (χ0) is 19.8. The summed E-state index contributed by atoms with van der Waals surface area (Å²) in [6.45, 7) is 5.03. The molecule has 0 bridgehead atoms. The van der Waals surface area contributed by atoms with Gasteiger partial charge in [0.2, 0.25) is 5.91 Å². The van der Waals surface area contributed by atoms with Gasteiger partial charge in [0.05, 0.1) is 4.92 Å². The van der Waals surface area contributed by atoms with E-state index in [-0.39, 0.29) is 11.6 Å². The maximum Gasteiger partial charge on any atom is 0.270 e. The molecule has 0 fully saturated rings. The zero-order valence-electron chi connectivity index (χ0n) is 15.2. The van der Waals surface area contributed by atoms with Crippen LogP contribution in [0.5, 0.6) is 0 Å². The van der Waals surface area contributed by atoms with Crippen molar-refractivity contribution in [1.29, 1.82) is 0 Å². The number of amides is 2. The van der Waals surface area contributed by atoms with Crippen LogP contribution in [0, 0.1) is 10.1 Å². The summed E-state index contributed by atoms with van der Waals surface area (Å²) < 4.78 is 0. The van der Waals surface area contributed by atoms with E-state index in [2.05, 4.69) is 5.32 Å². The van der Waals surface area contributed by atoms with Crippen molar-refractivity contribution in [3.63, 3.8) is 0 Å². The molecule has 0 aromatic heterocycles. The fourth-order valence-corrected chi connectivity index (χ4v) is 2.52. The van der Waals surface area contributed by atoms with Crippen molar-refractivity contribution >= 4 is 29.3 Å². The third-order valence-electron chi connectivity index (χ3n) is 3.94. The molecule has 7 heteroatoms. The summed E-state index contributed by atoms with van der Waals surface area (Å²) in [5, 5.41) is 13.5. The number of non-ortho nitro benzene ring substituents is 1. The Kier molecular flexibility index (Phi) is 6.82. The lowest BCUT2D eigenvalue weighted by Gasteiger charge is -2.18. The van der Waals surface area contributed by atoms with Gasteiger partial charge in [0.1, 0.15) is 0 Å². The quantitative estimate of drug-likeness (QED) is 0.458. The van der Waals surface area contributed by atoms with Gasteiger partial charge in [-0.15, -0.1) is 0 Å². The monoisotopic (exact) mass is 367 g/mol. The van der Waals surface area contributed by atoms with Gasteiger partial charge in [-0.2, -0.15) is 0 Å². The number of carbonyl (C=O) groups is 2. The average Bonchev–Trinajstić information content (AvgIpc) is 2.67. The van der Waals surface area contributed by atoms with E-state index in [1.165, 1.54) is 24.3 Å². The Bertz CT molecular complexity index is 873. The normalized spacial score (nSPS) is 10.6. The van der Waals surface area contributed by atoms with Crippen LogP contribution in [0.2, 0.25) is 0 Å². The van der Waals surface area contributed by atoms with Crippen LogP contribution in [0.1, 0.15) is 29.8 Å². The maximum atomic E-state index is 12.4. The van der Waals surface area contributed by atoms with Gasteiger partial charge in [-0.3, -0.25) is 19.7 Å².